The van der Waals surface area contributed by atoms with Crippen LogP contribution >= 0.6 is 0 Å². The highest BCUT2D eigenvalue weighted by molar-refractivity contribution is 6.48. The van der Waals surface area contributed by atoms with E-state index in [0.29, 0.717) is 6.61 Å². The highest BCUT2D eigenvalue weighted by Gasteiger charge is 2.24. The second-order valence-electron chi connectivity index (χ2n) is 13.0. The van der Waals surface area contributed by atoms with E-state index in [9.17, 15) is 4.79 Å². The first-order chi connectivity index (χ1) is 19.2. The van der Waals surface area contributed by atoms with E-state index in [0.717, 1.165) is 32.1 Å². The molecule has 0 aromatic heterocycles. The van der Waals surface area contributed by atoms with Gasteiger partial charge in [-0.15, -0.1) is 0 Å². The smallest absolute Gasteiger partial charge is 0.343 e. The quantitative estimate of drug-likeness (QED) is 0.0532. The average molecular weight is 576 g/mol. The second kappa shape index (κ2) is 22.4. The van der Waals surface area contributed by atoms with Crippen LogP contribution in [0.1, 0.15) is 155 Å². The molecule has 4 nitrogen and oxygen atoms in total. The highest BCUT2D eigenvalue weighted by Crippen LogP contribution is 2.26. The van der Waals surface area contributed by atoms with E-state index >= 15 is 0 Å². The molecular formula is C35H63O4Si. The Morgan fingerprint density at radius 2 is 1.35 bits per heavy atom. The SMILES string of the molecule is CCCCCCCCCCC[C@H](CC[C@H](CCCCCC)C(=O)OO[Si](C)C)OCc1cccc(C(C)(C)C)c1. The van der Waals surface area contributed by atoms with Gasteiger partial charge in [0.05, 0.1) is 18.6 Å². The van der Waals surface area contributed by atoms with Crippen LogP contribution in [0.2, 0.25) is 13.1 Å². The highest BCUT2D eigenvalue weighted by atomic mass is 28.3. The lowest BCUT2D eigenvalue weighted by Crippen LogP contribution is -2.23. The van der Waals surface area contributed by atoms with E-state index in [4.69, 9.17) is 14.2 Å². The minimum Gasteiger partial charge on any atom is -0.374 e. The van der Waals surface area contributed by atoms with Gasteiger partial charge in [0.1, 0.15) is 0 Å². The fraction of sp³-hybridized carbons (Fsp3) is 0.800. The van der Waals surface area contributed by atoms with E-state index in [1.807, 2.05) is 13.1 Å². The maximum Gasteiger partial charge on any atom is 0.343 e. The number of hydrogen-bond acceptors (Lipinski definition) is 4. The lowest BCUT2D eigenvalue weighted by Gasteiger charge is -2.23. The summed E-state index contributed by atoms with van der Waals surface area (Å²) in [4.78, 5) is 18.1. The molecule has 5 heteroatoms. The van der Waals surface area contributed by atoms with Crippen LogP contribution in [0.3, 0.4) is 0 Å². The van der Waals surface area contributed by atoms with E-state index in [1.165, 1.54) is 88.2 Å². The van der Waals surface area contributed by atoms with Crippen LogP contribution in [0.15, 0.2) is 24.3 Å². The number of carbonyl (C=O) groups excluding carboxylic acids is 1. The number of rotatable bonds is 24. The van der Waals surface area contributed by atoms with Gasteiger partial charge in [-0.1, -0.05) is 142 Å². The molecule has 0 saturated heterocycles. The maximum atomic E-state index is 12.9. The van der Waals surface area contributed by atoms with Gasteiger partial charge in [-0.2, -0.15) is 0 Å². The molecule has 0 spiro atoms. The van der Waals surface area contributed by atoms with Crippen LogP contribution in [0.25, 0.3) is 0 Å². The van der Waals surface area contributed by atoms with Gasteiger partial charge < -0.3 is 9.62 Å². The van der Waals surface area contributed by atoms with Gasteiger partial charge in [0, 0.05) is 0 Å². The molecule has 231 valence electrons. The summed E-state index contributed by atoms with van der Waals surface area (Å²) in [6.07, 6.45) is 20.3. The van der Waals surface area contributed by atoms with E-state index < -0.39 is 9.04 Å². The van der Waals surface area contributed by atoms with Crippen LogP contribution in [0.5, 0.6) is 0 Å². The minimum absolute atomic E-state index is 0.114. The molecule has 0 aliphatic rings. The molecule has 0 N–H and O–H groups in total. The molecular weight excluding hydrogens is 512 g/mol. The van der Waals surface area contributed by atoms with Crippen molar-refractivity contribution in [3.63, 3.8) is 0 Å². The predicted octanol–water partition coefficient (Wildman–Crippen LogP) is 10.9. The number of benzene rings is 1. The number of unbranched alkanes of at least 4 members (excludes halogenated alkanes) is 11. The average Bonchev–Trinajstić information content (AvgIpc) is 2.92. The summed E-state index contributed by atoms with van der Waals surface area (Å²) in [5.74, 6) is -0.306. The van der Waals surface area contributed by atoms with Crippen molar-refractivity contribution in [3.8, 4) is 0 Å². The summed E-state index contributed by atoms with van der Waals surface area (Å²) >= 11 is 0. The molecule has 2 atom stereocenters. The van der Waals surface area contributed by atoms with Crippen LogP contribution in [0.4, 0.5) is 0 Å². The van der Waals surface area contributed by atoms with Crippen molar-refractivity contribution in [3.05, 3.63) is 35.4 Å². The van der Waals surface area contributed by atoms with Gasteiger partial charge in [-0.05, 0) is 55.3 Å². The topological polar surface area (TPSA) is 44.8 Å². The zero-order valence-corrected chi connectivity index (χ0v) is 28.3. The van der Waals surface area contributed by atoms with Crippen molar-refractivity contribution in [1.29, 1.82) is 0 Å². The largest absolute Gasteiger partial charge is 0.374 e. The molecule has 0 saturated carbocycles. The summed E-state index contributed by atoms with van der Waals surface area (Å²) in [5, 5.41) is 0. The van der Waals surface area contributed by atoms with Gasteiger partial charge in [-0.25, -0.2) is 9.37 Å². The van der Waals surface area contributed by atoms with Crippen molar-refractivity contribution >= 4 is 15.0 Å². The van der Waals surface area contributed by atoms with Crippen molar-refractivity contribution in [2.75, 3.05) is 0 Å². The second-order valence-corrected chi connectivity index (χ2v) is 15.0. The molecule has 40 heavy (non-hydrogen) atoms. The van der Waals surface area contributed by atoms with Gasteiger partial charge in [0.25, 0.3) is 9.04 Å². The first-order valence-electron chi connectivity index (χ1n) is 16.6. The summed E-state index contributed by atoms with van der Waals surface area (Å²) in [7, 11) is -1.07. The molecule has 1 rings (SSSR count). The molecule has 0 amide bonds. The van der Waals surface area contributed by atoms with Crippen LogP contribution in [-0.4, -0.2) is 21.1 Å². The maximum absolute atomic E-state index is 12.9. The fourth-order valence-corrected chi connectivity index (χ4v) is 5.36. The Labute approximate surface area is 250 Å². The van der Waals surface area contributed by atoms with Crippen LogP contribution in [-0.2, 0) is 31.0 Å². The molecule has 0 fully saturated rings. The normalized spacial score (nSPS) is 13.5. The van der Waals surface area contributed by atoms with Gasteiger partial charge >= 0.3 is 5.97 Å². The summed E-state index contributed by atoms with van der Waals surface area (Å²) < 4.78 is 11.9. The molecule has 0 aliphatic carbocycles. The first kappa shape index (κ1) is 36.9. The summed E-state index contributed by atoms with van der Waals surface area (Å²) in [5.41, 5.74) is 2.69. The molecule has 1 aromatic rings. The standard InChI is InChI=1S/C35H63O4Si/c1-8-10-12-14-15-16-17-18-20-25-33(37-29-30-22-21-24-32(28-30)35(3,4)5)27-26-31(23-19-13-11-9-2)34(36)38-39-40(6)7/h21-22,24,28,31,33H,8-20,23,25-27,29H2,1-7H3/t31-,33+/m0/s1. The monoisotopic (exact) mass is 575 g/mol. The predicted molar refractivity (Wildman–Crippen MR) is 172 cm³/mol. The van der Waals surface area contributed by atoms with Crippen molar-refractivity contribution in [1.82, 2.24) is 0 Å². The summed E-state index contributed by atoms with van der Waals surface area (Å²) in [6, 6.07) is 8.81. The Morgan fingerprint density at radius 1 is 0.775 bits per heavy atom. The van der Waals surface area contributed by atoms with Crippen molar-refractivity contribution < 1.29 is 19.0 Å². The van der Waals surface area contributed by atoms with Gasteiger partial charge in [0.2, 0.25) is 0 Å². The third-order valence-corrected chi connectivity index (χ3v) is 8.19. The Morgan fingerprint density at radius 3 is 1.95 bits per heavy atom. The van der Waals surface area contributed by atoms with E-state index in [-0.39, 0.29) is 23.4 Å². The number of hydrogen-bond donors (Lipinski definition) is 0. The molecule has 0 bridgehead atoms. The third kappa shape index (κ3) is 18.3. The number of ether oxygens (including phenoxy) is 1. The molecule has 0 aliphatic heterocycles. The third-order valence-electron chi connectivity index (χ3n) is 7.78. The van der Waals surface area contributed by atoms with Crippen LogP contribution in [0, 0.1) is 5.92 Å². The summed E-state index contributed by atoms with van der Waals surface area (Å²) in [6.45, 7) is 15.8. The Kier molecular flexibility index (Phi) is 20.7. The Hall–Kier alpha value is -1.17. The molecule has 0 unspecified atom stereocenters. The lowest BCUT2D eigenvalue weighted by molar-refractivity contribution is -0.222. The number of carbonyl (C=O) groups is 1. The van der Waals surface area contributed by atoms with Gasteiger partial charge in [-0.3, -0.25) is 0 Å². The Balaban J connectivity index is 2.73. The molecule has 0 heterocycles. The zero-order valence-electron chi connectivity index (χ0n) is 27.3. The lowest BCUT2D eigenvalue weighted by atomic mass is 9.86. The zero-order chi connectivity index (χ0) is 29.6. The fourth-order valence-electron chi connectivity index (χ4n) is 5.11. The van der Waals surface area contributed by atoms with Crippen molar-refractivity contribution in [2.24, 2.45) is 5.92 Å². The van der Waals surface area contributed by atoms with E-state index in [1.54, 1.807) is 0 Å². The molecule has 1 aromatic carbocycles. The molecule has 1 radical (unpaired) electrons. The van der Waals surface area contributed by atoms with E-state index in [2.05, 4.69) is 58.9 Å². The minimum atomic E-state index is -1.07. The first-order valence-corrected chi connectivity index (χ1v) is 19.0. The van der Waals surface area contributed by atoms with Gasteiger partial charge in [0.15, 0.2) is 0 Å². The van der Waals surface area contributed by atoms with Crippen molar-refractivity contribution in [2.45, 2.75) is 175 Å². The van der Waals surface area contributed by atoms with Crippen LogP contribution < -0.4 is 0 Å². The Bertz CT molecular complexity index is 758.